The van der Waals surface area contributed by atoms with E-state index in [0.29, 0.717) is 11.9 Å². The van der Waals surface area contributed by atoms with Crippen molar-refractivity contribution in [1.82, 2.24) is 9.88 Å². The molecule has 3 aromatic rings. The minimum absolute atomic E-state index is 0.179. The van der Waals surface area contributed by atoms with Crippen LogP contribution in [0.2, 0.25) is 0 Å². The van der Waals surface area contributed by atoms with E-state index in [4.69, 9.17) is 0 Å². The van der Waals surface area contributed by atoms with Crippen LogP contribution >= 0.6 is 11.8 Å². The molecule has 1 amide bonds. The van der Waals surface area contributed by atoms with Gasteiger partial charge in [0.15, 0.2) is 0 Å². The molecule has 0 aliphatic rings. The molecule has 4 nitrogen and oxygen atoms in total. The van der Waals surface area contributed by atoms with E-state index in [9.17, 15) is 9.59 Å². The molecule has 0 fully saturated rings. The van der Waals surface area contributed by atoms with Crippen LogP contribution in [0.15, 0.2) is 64.4 Å². The van der Waals surface area contributed by atoms with E-state index in [1.54, 1.807) is 24.0 Å². The van der Waals surface area contributed by atoms with Crippen LogP contribution in [0, 0.1) is 0 Å². The third-order valence-corrected chi connectivity index (χ3v) is 5.28. The monoisotopic (exact) mass is 366 g/mol. The molecular weight excluding hydrogens is 344 g/mol. The quantitative estimate of drug-likeness (QED) is 0.687. The number of benzene rings is 2. The molecule has 1 aromatic heterocycles. The van der Waals surface area contributed by atoms with E-state index in [-0.39, 0.29) is 22.9 Å². The van der Waals surface area contributed by atoms with Crippen LogP contribution in [0.25, 0.3) is 10.9 Å². The van der Waals surface area contributed by atoms with Crippen LogP contribution in [0.1, 0.15) is 35.8 Å². The number of amides is 1. The van der Waals surface area contributed by atoms with Gasteiger partial charge in [-0.3, -0.25) is 9.59 Å². The van der Waals surface area contributed by atoms with Crippen molar-refractivity contribution < 1.29 is 4.79 Å². The van der Waals surface area contributed by atoms with Crippen molar-refractivity contribution in [1.29, 1.82) is 0 Å². The number of carbonyl (C=O) groups excluding carboxylic acids is 1. The van der Waals surface area contributed by atoms with Gasteiger partial charge in [0.1, 0.15) is 5.56 Å². The fourth-order valence-electron chi connectivity index (χ4n) is 3.02. The van der Waals surface area contributed by atoms with Gasteiger partial charge in [-0.15, -0.1) is 11.8 Å². The van der Waals surface area contributed by atoms with Crippen molar-refractivity contribution in [2.24, 2.45) is 0 Å². The van der Waals surface area contributed by atoms with E-state index in [0.717, 1.165) is 11.1 Å². The van der Waals surface area contributed by atoms with Gasteiger partial charge >= 0.3 is 0 Å². The molecule has 0 bridgehead atoms. The van der Waals surface area contributed by atoms with Crippen LogP contribution < -0.4 is 10.7 Å². The fourth-order valence-corrected chi connectivity index (χ4v) is 3.43. The molecule has 0 radical (unpaired) electrons. The van der Waals surface area contributed by atoms with E-state index in [1.165, 1.54) is 4.90 Å². The summed E-state index contributed by atoms with van der Waals surface area (Å²) in [5.41, 5.74) is 1.80. The highest BCUT2D eigenvalue weighted by Gasteiger charge is 2.17. The molecule has 1 heterocycles. The van der Waals surface area contributed by atoms with E-state index in [1.807, 2.05) is 67.1 Å². The first kappa shape index (κ1) is 18.3. The molecule has 1 atom stereocenters. The number of rotatable bonds is 5. The molecular formula is C21H22N2O2S. The van der Waals surface area contributed by atoms with Gasteiger partial charge in [0.2, 0.25) is 5.43 Å². The minimum atomic E-state index is -0.343. The maximum Gasteiger partial charge on any atom is 0.257 e. The lowest BCUT2D eigenvalue weighted by Gasteiger charge is -2.16. The summed E-state index contributed by atoms with van der Waals surface area (Å²) in [6.45, 7) is 4.60. The number of nitrogens with one attached hydrogen (secondary N) is 1. The number of nitrogens with zero attached hydrogens (tertiary/aromatic N) is 1. The standard InChI is InChI=1S/C21H22N2O2S/c1-4-23-13-18(20(24)17-7-5-6-8-19(17)23)21(25)22-14(2)15-9-11-16(26-3)12-10-15/h5-14H,4H2,1-3H3,(H,22,25). The van der Waals surface area contributed by atoms with Gasteiger partial charge in [-0.05, 0) is 49.9 Å². The normalized spacial score (nSPS) is 12.1. The topological polar surface area (TPSA) is 51.1 Å². The Hall–Kier alpha value is -2.53. The molecule has 5 heteroatoms. The Balaban J connectivity index is 1.92. The summed E-state index contributed by atoms with van der Waals surface area (Å²) < 4.78 is 1.93. The van der Waals surface area contributed by atoms with Crippen molar-refractivity contribution in [3.8, 4) is 0 Å². The molecule has 0 saturated heterocycles. The van der Waals surface area contributed by atoms with Crippen LogP contribution in [0.4, 0.5) is 0 Å². The summed E-state index contributed by atoms with van der Waals surface area (Å²) in [6, 6.07) is 15.3. The number of hydrogen-bond acceptors (Lipinski definition) is 3. The van der Waals surface area contributed by atoms with Gasteiger partial charge in [0, 0.05) is 23.0 Å². The number of aromatic nitrogens is 1. The smallest absolute Gasteiger partial charge is 0.257 e. The zero-order valence-electron chi connectivity index (χ0n) is 15.2. The Morgan fingerprint density at radius 3 is 2.50 bits per heavy atom. The Morgan fingerprint density at radius 2 is 1.85 bits per heavy atom. The van der Waals surface area contributed by atoms with Crippen molar-refractivity contribution in [3.05, 3.63) is 76.1 Å². The molecule has 0 saturated carbocycles. The molecule has 1 N–H and O–H groups in total. The SMILES string of the molecule is CCn1cc(C(=O)NC(C)c2ccc(SC)cc2)c(=O)c2ccccc21. The van der Waals surface area contributed by atoms with Crippen LogP contribution in [-0.4, -0.2) is 16.7 Å². The van der Waals surface area contributed by atoms with Crippen LogP contribution in [-0.2, 0) is 6.54 Å². The second-order valence-corrected chi connectivity index (χ2v) is 7.02. The molecule has 1 unspecified atom stereocenters. The van der Waals surface area contributed by atoms with Crippen molar-refractivity contribution in [2.75, 3.05) is 6.26 Å². The molecule has 0 aliphatic heterocycles. The number of thioether (sulfide) groups is 1. The largest absolute Gasteiger partial charge is 0.347 e. The van der Waals surface area contributed by atoms with Crippen molar-refractivity contribution >= 4 is 28.6 Å². The Labute approximate surface area is 157 Å². The number of carbonyl (C=O) groups is 1. The number of pyridine rings is 1. The summed E-state index contributed by atoms with van der Waals surface area (Å²) in [5.74, 6) is -0.343. The average molecular weight is 366 g/mol. The zero-order valence-corrected chi connectivity index (χ0v) is 16.0. The second kappa shape index (κ2) is 7.79. The summed E-state index contributed by atoms with van der Waals surface area (Å²) in [5, 5.41) is 3.52. The molecule has 2 aromatic carbocycles. The van der Waals surface area contributed by atoms with E-state index in [2.05, 4.69) is 5.32 Å². The summed E-state index contributed by atoms with van der Waals surface area (Å²) in [7, 11) is 0. The van der Waals surface area contributed by atoms with Gasteiger partial charge in [0.25, 0.3) is 5.91 Å². The first-order valence-electron chi connectivity index (χ1n) is 8.62. The first-order valence-corrected chi connectivity index (χ1v) is 9.84. The van der Waals surface area contributed by atoms with Gasteiger partial charge in [-0.25, -0.2) is 0 Å². The first-order chi connectivity index (χ1) is 12.5. The van der Waals surface area contributed by atoms with Gasteiger partial charge in [-0.1, -0.05) is 24.3 Å². The summed E-state index contributed by atoms with van der Waals surface area (Å²) in [4.78, 5) is 26.7. The van der Waals surface area contributed by atoms with E-state index >= 15 is 0 Å². The van der Waals surface area contributed by atoms with Crippen molar-refractivity contribution in [2.45, 2.75) is 31.3 Å². The zero-order chi connectivity index (χ0) is 18.7. The van der Waals surface area contributed by atoms with Crippen molar-refractivity contribution in [3.63, 3.8) is 0 Å². The predicted molar refractivity (Wildman–Crippen MR) is 108 cm³/mol. The highest BCUT2D eigenvalue weighted by molar-refractivity contribution is 7.98. The Kier molecular flexibility index (Phi) is 5.47. The maximum absolute atomic E-state index is 12.8. The van der Waals surface area contributed by atoms with Crippen LogP contribution in [0.5, 0.6) is 0 Å². The molecule has 134 valence electrons. The third kappa shape index (κ3) is 3.53. The highest BCUT2D eigenvalue weighted by atomic mass is 32.2. The number of hydrogen-bond donors (Lipinski definition) is 1. The van der Waals surface area contributed by atoms with Crippen LogP contribution in [0.3, 0.4) is 0 Å². The number of fused-ring (bicyclic) bond motifs is 1. The lowest BCUT2D eigenvalue weighted by atomic mass is 10.1. The second-order valence-electron chi connectivity index (χ2n) is 6.14. The Bertz CT molecular complexity index is 993. The molecule has 0 aliphatic carbocycles. The number of para-hydroxylation sites is 1. The van der Waals surface area contributed by atoms with Gasteiger partial charge in [0.05, 0.1) is 11.6 Å². The third-order valence-electron chi connectivity index (χ3n) is 4.54. The minimum Gasteiger partial charge on any atom is -0.347 e. The average Bonchev–Trinajstić information content (AvgIpc) is 2.68. The molecule has 26 heavy (non-hydrogen) atoms. The summed E-state index contributed by atoms with van der Waals surface area (Å²) in [6.07, 6.45) is 3.68. The summed E-state index contributed by atoms with van der Waals surface area (Å²) >= 11 is 1.68. The van der Waals surface area contributed by atoms with Gasteiger partial charge < -0.3 is 9.88 Å². The molecule has 3 rings (SSSR count). The predicted octanol–water partition coefficient (Wildman–Crippen LogP) is 4.23. The van der Waals surface area contributed by atoms with E-state index < -0.39 is 0 Å². The molecule has 0 spiro atoms. The van der Waals surface area contributed by atoms with Gasteiger partial charge in [-0.2, -0.15) is 0 Å². The lowest BCUT2D eigenvalue weighted by Crippen LogP contribution is -2.31. The number of aryl methyl sites for hydroxylation is 1. The Morgan fingerprint density at radius 1 is 1.15 bits per heavy atom. The lowest BCUT2D eigenvalue weighted by molar-refractivity contribution is 0.0938. The highest BCUT2D eigenvalue weighted by Crippen LogP contribution is 2.19. The maximum atomic E-state index is 12.8. The fraction of sp³-hybridized carbons (Fsp3) is 0.238.